The van der Waals surface area contributed by atoms with Gasteiger partial charge in [0.05, 0.1) is 18.0 Å². The van der Waals surface area contributed by atoms with Crippen LogP contribution in [0.25, 0.3) is 5.69 Å². The quantitative estimate of drug-likeness (QED) is 0.423. The average molecular weight is 504 g/mol. The van der Waals surface area contributed by atoms with Crippen molar-refractivity contribution >= 4 is 21.4 Å². The van der Waals surface area contributed by atoms with E-state index in [4.69, 9.17) is 16.3 Å². The van der Waals surface area contributed by atoms with E-state index >= 15 is 0 Å². The Morgan fingerprint density at radius 1 is 1.15 bits per heavy atom. The molecule has 182 valence electrons. The normalized spacial score (nSPS) is 19.9. The van der Waals surface area contributed by atoms with Gasteiger partial charge in [-0.3, -0.25) is 4.57 Å². The first kappa shape index (κ1) is 24.6. The molecule has 0 spiro atoms. The van der Waals surface area contributed by atoms with E-state index < -0.39 is 15.1 Å². The summed E-state index contributed by atoms with van der Waals surface area (Å²) in [5.41, 5.74) is 2.63. The van der Waals surface area contributed by atoms with Crippen LogP contribution < -0.4 is 4.74 Å². The summed E-state index contributed by atoms with van der Waals surface area (Å²) in [6, 6.07) is 5.72. The van der Waals surface area contributed by atoms with Crippen LogP contribution in [0.1, 0.15) is 67.1 Å². The predicted octanol–water partition coefficient (Wildman–Crippen LogP) is 4.27. The summed E-state index contributed by atoms with van der Waals surface area (Å²) < 4.78 is 34.5. The summed E-state index contributed by atoms with van der Waals surface area (Å²) in [6.07, 6.45) is 4.96. The first-order chi connectivity index (χ1) is 16.1. The Morgan fingerprint density at radius 2 is 1.82 bits per heavy atom. The maximum atomic E-state index is 13.5. The molecule has 1 aromatic carbocycles. The second-order valence-electron chi connectivity index (χ2n) is 9.12. The fraction of sp³-hybridized carbons (Fsp3) is 0.500. The van der Waals surface area contributed by atoms with Gasteiger partial charge >= 0.3 is 0 Å². The van der Waals surface area contributed by atoms with E-state index in [-0.39, 0.29) is 23.0 Å². The molecule has 10 heteroatoms. The third-order valence-electron chi connectivity index (χ3n) is 6.65. The van der Waals surface area contributed by atoms with Crippen molar-refractivity contribution in [2.24, 2.45) is 0 Å². The van der Waals surface area contributed by atoms with Crippen LogP contribution in [-0.2, 0) is 15.6 Å². The molecule has 4 rings (SSSR count). The van der Waals surface area contributed by atoms with Crippen molar-refractivity contribution < 1.29 is 13.2 Å². The molecule has 0 aliphatic heterocycles. The number of sulfone groups is 1. The topological polar surface area (TPSA) is 99.9 Å². The molecule has 2 aromatic heterocycles. The van der Waals surface area contributed by atoms with Crippen molar-refractivity contribution in [3.8, 4) is 11.4 Å². The molecule has 0 unspecified atom stereocenters. The molecule has 2 heterocycles. The van der Waals surface area contributed by atoms with Crippen LogP contribution >= 0.6 is 11.6 Å². The summed E-state index contributed by atoms with van der Waals surface area (Å²) in [4.78, 5) is 8.67. The van der Waals surface area contributed by atoms with Gasteiger partial charge in [0, 0.05) is 29.6 Å². The minimum atomic E-state index is -3.62. The molecule has 0 bridgehead atoms. The van der Waals surface area contributed by atoms with E-state index in [0.29, 0.717) is 17.4 Å². The minimum Gasteiger partial charge on any atom is -0.495 e. The summed E-state index contributed by atoms with van der Waals surface area (Å²) in [6.45, 7) is 7.39. The van der Waals surface area contributed by atoms with E-state index in [9.17, 15) is 8.42 Å². The highest BCUT2D eigenvalue weighted by atomic mass is 35.5. The van der Waals surface area contributed by atoms with Gasteiger partial charge in [0.15, 0.2) is 15.7 Å². The molecule has 8 nitrogen and oxygen atoms in total. The molecule has 1 aliphatic rings. The standard InChI is InChI=1S/C24H30ClN5O3S/c1-14-11-26-23(27-12-14)16(3)17(4)34(31,32)13-21-28-29-24(18-9-19(25)10-18)30(21)22-15(2)7-6-8-20(22)33-5/h6-8,11-12,16-19H,9-10,13H2,1-5H3/t16-,17-,18?,19?/m0/s1. The Morgan fingerprint density at radius 3 is 2.44 bits per heavy atom. The fourth-order valence-electron chi connectivity index (χ4n) is 4.24. The highest BCUT2D eigenvalue weighted by molar-refractivity contribution is 7.91. The molecule has 0 radical (unpaired) electrons. The van der Waals surface area contributed by atoms with Gasteiger partial charge in [-0.05, 0) is 50.8 Å². The van der Waals surface area contributed by atoms with E-state index in [1.54, 1.807) is 26.4 Å². The number of ether oxygens (including phenoxy) is 1. The molecule has 1 saturated carbocycles. The van der Waals surface area contributed by atoms with Crippen molar-refractivity contribution in [1.29, 1.82) is 0 Å². The number of hydrogen-bond acceptors (Lipinski definition) is 7. The molecule has 0 amide bonds. The van der Waals surface area contributed by atoms with Crippen LogP contribution in [0.4, 0.5) is 0 Å². The van der Waals surface area contributed by atoms with Gasteiger partial charge in [-0.1, -0.05) is 19.1 Å². The molecule has 3 aromatic rings. The number of hydrogen-bond donors (Lipinski definition) is 0. The summed E-state index contributed by atoms with van der Waals surface area (Å²) in [5.74, 6) is 1.71. The summed E-state index contributed by atoms with van der Waals surface area (Å²) in [5, 5.41) is 8.17. The number of aryl methyl sites for hydroxylation is 2. The Balaban J connectivity index is 1.73. The van der Waals surface area contributed by atoms with Gasteiger partial charge < -0.3 is 4.74 Å². The predicted molar refractivity (Wildman–Crippen MR) is 132 cm³/mol. The number of halogens is 1. The molecule has 0 saturated heterocycles. The van der Waals surface area contributed by atoms with Crippen LogP contribution in [0.2, 0.25) is 0 Å². The lowest BCUT2D eigenvalue weighted by Gasteiger charge is -2.31. The highest BCUT2D eigenvalue weighted by Crippen LogP contribution is 2.42. The SMILES string of the molecule is COc1cccc(C)c1-n1c(CS(=O)(=O)[C@@H](C)[C@H](C)c2ncc(C)cn2)nnc1C1CC(Cl)C1. The average Bonchev–Trinajstić information content (AvgIpc) is 3.17. The fourth-order valence-corrected chi connectivity index (χ4v) is 6.23. The zero-order valence-electron chi connectivity index (χ0n) is 20.1. The van der Waals surface area contributed by atoms with E-state index in [1.807, 2.05) is 43.5 Å². The van der Waals surface area contributed by atoms with Gasteiger partial charge in [0.2, 0.25) is 0 Å². The van der Waals surface area contributed by atoms with Gasteiger partial charge in [0.25, 0.3) is 0 Å². The van der Waals surface area contributed by atoms with E-state index in [2.05, 4.69) is 20.2 Å². The second kappa shape index (κ2) is 9.62. The number of benzene rings is 1. The van der Waals surface area contributed by atoms with Crippen molar-refractivity contribution in [2.75, 3.05) is 7.11 Å². The lowest BCUT2D eigenvalue weighted by Crippen LogP contribution is -2.28. The van der Waals surface area contributed by atoms with Crippen LogP contribution in [0, 0.1) is 13.8 Å². The zero-order valence-corrected chi connectivity index (χ0v) is 21.6. The van der Waals surface area contributed by atoms with Crippen LogP contribution in [0.5, 0.6) is 5.75 Å². The number of methoxy groups -OCH3 is 1. The molecular weight excluding hydrogens is 474 g/mol. The molecule has 1 aliphatic carbocycles. The van der Waals surface area contributed by atoms with E-state index in [0.717, 1.165) is 35.5 Å². The second-order valence-corrected chi connectivity index (χ2v) is 12.1. The van der Waals surface area contributed by atoms with Crippen molar-refractivity contribution in [3.63, 3.8) is 0 Å². The maximum absolute atomic E-state index is 13.5. The third-order valence-corrected chi connectivity index (χ3v) is 9.21. The maximum Gasteiger partial charge on any atom is 0.160 e. The third kappa shape index (κ3) is 4.68. The Kier molecular flexibility index (Phi) is 6.96. The van der Waals surface area contributed by atoms with Crippen molar-refractivity contribution in [1.82, 2.24) is 24.7 Å². The minimum absolute atomic E-state index is 0.0940. The highest BCUT2D eigenvalue weighted by Gasteiger charge is 2.37. The summed E-state index contributed by atoms with van der Waals surface area (Å²) >= 11 is 6.25. The van der Waals surface area contributed by atoms with Crippen LogP contribution in [0.15, 0.2) is 30.6 Å². The molecule has 34 heavy (non-hydrogen) atoms. The smallest absolute Gasteiger partial charge is 0.160 e. The zero-order chi connectivity index (χ0) is 24.6. The van der Waals surface area contributed by atoms with Gasteiger partial charge in [-0.15, -0.1) is 21.8 Å². The molecule has 2 atom stereocenters. The first-order valence-electron chi connectivity index (χ1n) is 11.3. The number of alkyl halides is 1. The molecule has 0 N–H and O–H groups in total. The van der Waals surface area contributed by atoms with Gasteiger partial charge in [-0.25, -0.2) is 18.4 Å². The van der Waals surface area contributed by atoms with E-state index in [1.165, 1.54) is 0 Å². The summed E-state index contributed by atoms with van der Waals surface area (Å²) in [7, 11) is -2.02. The van der Waals surface area contributed by atoms with Gasteiger partial charge in [0.1, 0.15) is 23.2 Å². The molecular formula is C24H30ClN5O3S. The first-order valence-corrected chi connectivity index (χ1v) is 13.5. The van der Waals surface area contributed by atoms with Gasteiger partial charge in [-0.2, -0.15) is 0 Å². The Labute approximate surface area is 205 Å². The number of aromatic nitrogens is 5. The Bertz CT molecular complexity index is 1270. The largest absolute Gasteiger partial charge is 0.495 e. The van der Waals surface area contributed by atoms with Crippen molar-refractivity contribution in [2.45, 2.75) is 68.8 Å². The number of para-hydroxylation sites is 1. The number of rotatable bonds is 8. The lowest BCUT2D eigenvalue weighted by atomic mass is 9.84. The van der Waals surface area contributed by atoms with Crippen LogP contribution in [-0.4, -0.2) is 50.9 Å². The lowest BCUT2D eigenvalue weighted by molar-refractivity contribution is 0.396. The Hall–Kier alpha value is -2.52. The van der Waals surface area contributed by atoms with Crippen molar-refractivity contribution in [3.05, 3.63) is 59.2 Å². The molecule has 1 fully saturated rings. The van der Waals surface area contributed by atoms with Crippen LogP contribution in [0.3, 0.4) is 0 Å². The number of nitrogens with zero attached hydrogens (tertiary/aromatic N) is 5. The monoisotopic (exact) mass is 503 g/mol.